The number of nitrogens with zero attached hydrogens (tertiary/aromatic N) is 3. The molecular formula is C17H23N3O3S. The van der Waals surface area contributed by atoms with Gasteiger partial charge in [0.15, 0.2) is 0 Å². The number of likely N-dealkylation sites (N-methyl/N-ethyl adjacent to an activating group) is 1. The standard InChI is InChI=1S/C17H23N3O3S/c1-19(14-17(21)9-5-6-10-17)24(22,23)16-11-18-20(13-16)12-15-7-3-2-4-8-15/h2-4,7-8,11,13,21H,5-6,9-10,12,14H2,1H3. The van der Waals surface area contributed by atoms with Crippen molar-refractivity contribution in [3.63, 3.8) is 0 Å². The quantitative estimate of drug-likeness (QED) is 0.864. The van der Waals surface area contributed by atoms with Crippen LogP contribution in [0.5, 0.6) is 0 Å². The molecule has 0 aliphatic heterocycles. The largest absolute Gasteiger partial charge is 0.389 e. The van der Waals surface area contributed by atoms with Crippen LogP contribution >= 0.6 is 0 Å². The molecule has 0 saturated heterocycles. The molecule has 1 aliphatic rings. The van der Waals surface area contributed by atoms with Crippen LogP contribution in [0.15, 0.2) is 47.6 Å². The highest BCUT2D eigenvalue weighted by Crippen LogP contribution is 2.31. The minimum absolute atomic E-state index is 0.124. The van der Waals surface area contributed by atoms with Gasteiger partial charge in [-0.15, -0.1) is 0 Å². The van der Waals surface area contributed by atoms with Crippen LogP contribution in [0.25, 0.3) is 0 Å². The molecule has 3 rings (SSSR count). The minimum Gasteiger partial charge on any atom is -0.389 e. The van der Waals surface area contributed by atoms with Crippen molar-refractivity contribution < 1.29 is 13.5 Å². The van der Waals surface area contributed by atoms with Crippen molar-refractivity contribution in [3.8, 4) is 0 Å². The molecule has 1 heterocycles. The van der Waals surface area contributed by atoms with E-state index in [4.69, 9.17) is 0 Å². The Bertz CT molecular complexity index is 780. The van der Waals surface area contributed by atoms with Gasteiger partial charge < -0.3 is 5.11 Å². The summed E-state index contributed by atoms with van der Waals surface area (Å²) in [6, 6.07) is 9.75. The first-order chi connectivity index (χ1) is 11.4. The zero-order chi connectivity index (χ0) is 17.2. The third kappa shape index (κ3) is 3.68. The van der Waals surface area contributed by atoms with Crippen molar-refractivity contribution in [2.24, 2.45) is 0 Å². The Hall–Kier alpha value is -1.70. The monoisotopic (exact) mass is 349 g/mol. The molecule has 24 heavy (non-hydrogen) atoms. The molecule has 1 N–H and O–H groups in total. The van der Waals surface area contributed by atoms with Gasteiger partial charge in [-0.1, -0.05) is 43.2 Å². The van der Waals surface area contributed by atoms with Gasteiger partial charge in [-0.25, -0.2) is 8.42 Å². The lowest BCUT2D eigenvalue weighted by atomic mass is 10.0. The molecule has 1 fully saturated rings. The molecule has 1 aliphatic carbocycles. The van der Waals surface area contributed by atoms with Gasteiger partial charge in [-0.3, -0.25) is 4.68 Å². The van der Waals surface area contributed by atoms with E-state index in [0.717, 1.165) is 18.4 Å². The van der Waals surface area contributed by atoms with Crippen LogP contribution in [0.3, 0.4) is 0 Å². The Morgan fingerprint density at radius 1 is 1.25 bits per heavy atom. The smallest absolute Gasteiger partial charge is 0.246 e. The van der Waals surface area contributed by atoms with Gasteiger partial charge in [0, 0.05) is 19.8 Å². The van der Waals surface area contributed by atoms with E-state index in [1.165, 1.54) is 23.7 Å². The topological polar surface area (TPSA) is 75.4 Å². The van der Waals surface area contributed by atoms with E-state index in [1.54, 1.807) is 4.68 Å². The van der Waals surface area contributed by atoms with Crippen LogP contribution in [0.1, 0.15) is 31.2 Å². The molecule has 2 aromatic rings. The maximum atomic E-state index is 12.7. The van der Waals surface area contributed by atoms with Gasteiger partial charge in [-0.2, -0.15) is 9.40 Å². The lowest BCUT2D eigenvalue weighted by molar-refractivity contribution is 0.0333. The number of benzene rings is 1. The highest BCUT2D eigenvalue weighted by Gasteiger charge is 2.36. The number of aromatic nitrogens is 2. The van der Waals surface area contributed by atoms with Gasteiger partial charge in [0.25, 0.3) is 0 Å². The predicted molar refractivity (Wildman–Crippen MR) is 91.0 cm³/mol. The van der Waals surface area contributed by atoms with E-state index >= 15 is 0 Å². The lowest BCUT2D eigenvalue weighted by Crippen LogP contribution is -2.41. The van der Waals surface area contributed by atoms with Crippen molar-refractivity contribution in [1.82, 2.24) is 14.1 Å². The fourth-order valence-electron chi connectivity index (χ4n) is 3.21. The van der Waals surface area contributed by atoms with Crippen molar-refractivity contribution in [2.75, 3.05) is 13.6 Å². The van der Waals surface area contributed by atoms with E-state index in [1.807, 2.05) is 30.3 Å². The summed E-state index contributed by atoms with van der Waals surface area (Å²) in [6.07, 6.45) is 6.10. The Labute approximate surface area is 142 Å². The maximum absolute atomic E-state index is 12.7. The molecule has 1 aromatic carbocycles. The predicted octanol–water partition coefficient (Wildman–Crippen LogP) is 1.86. The summed E-state index contributed by atoms with van der Waals surface area (Å²) < 4.78 is 28.2. The molecule has 0 unspecified atom stereocenters. The zero-order valence-corrected chi connectivity index (χ0v) is 14.6. The molecule has 0 bridgehead atoms. The van der Waals surface area contributed by atoms with Crippen molar-refractivity contribution >= 4 is 10.0 Å². The molecule has 7 heteroatoms. The summed E-state index contributed by atoms with van der Waals surface area (Å²) in [7, 11) is -2.13. The number of hydrogen-bond acceptors (Lipinski definition) is 4. The van der Waals surface area contributed by atoms with E-state index in [2.05, 4.69) is 5.10 Å². The maximum Gasteiger partial charge on any atom is 0.246 e. The second-order valence-corrected chi connectivity index (χ2v) is 8.60. The average Bonchev–Trinajstić information content (AvgIpc) is 3.18. The summed E-state index contributed by atoms with van der Waals surface area (Å²) in [6.45, 7) is 0.642. The first-order valence-electron chi connectivity index (χ1n) is 8.14. The Morgan fingerprint density at radius 3 is 2.58 bits per heavy atom. The second-order valence-electron chi connectivity index (χ2n) is 6.55. The zero-order valence-electron chi connectivity index (χ0n) is 13.8. The molecule has 0 atom stereocenters. The molecule has 6 nitrogen and oxygen atoms in total. The minimum atomic E-state index is -3.65. The first-order valence-corrected chi connectivity index (χ1v) is 9.58. The average molecular weight is 349 g/mol. The van der Waals surface area contributed by atoms with Crippen LogP contribution in [-0.2, 0) is 16.6 Å². The van der Waals surface area contributed by atoms with E-state index in [-0.39, 0.29) is 11.4 Å². The summed E-state index contributed by atoms with van der Waals surface area (Å²) >= 11 is 0. The van der Waals surface area contributed by atoms with Crippen LogP contribution in [0, 0.1) is 0 Å². The van der Waals surface area contributed by atoms with Gasteiger partial charge in [0.1, 0.15) is 4.90 Å². The number of sulfonamides is 1. The number of aliphatic hydroxyl groups is 1. The van der Waals surface area contributed by atoms with Gasteiger partial charge in [-0.05, 0) is 18.4 Å². The molecule has 0 radical (unpaired) electrons. The Balaban J connectivity index is 1.73. The summed E-state index contributed by atoms with van der Waals surface area (Å²) in [4.78, 5) is 0.155. The van der Waals surface area contributed by atoms with Gasteiger partial charge in [0.2, 0.25) is 10.0 Å². The number of hydrogen-bond donors (Lipinski definition) is 1. The normalized spacial score (nSPS) is 17.5. The summed E-state index contributed by atoms with van der Waals surface area (Å²) in [5, 5.41) is 14.6. The van der Waals surface area contributed by atoms with E-state index in [0.29, 0.717) is 19.4 Å². The van der Waals surface area contributed by atoms with Gasteiger partial charge in [0.05, 0.1) is 18.3 Å². The van der Waals surface area contributed by atoms with Crippen LogP contribution in [-0.4, -0.2) is 46.8 Å². The lowest BCUT2D eigenvalue weighted by Gasteiger charge is -2.27. The number of rotatable bonds is 6. The first kappa shape index (κ1) is 17.1. The molecule has 130 valence electrons. The van der Waals surface area contributed by atoms with E-state index < -0.39 is 15.6 Å². The SMILES string of the molecule is CN(CC1(O)CCCC1)S(=O)(=O)c1cnn(Cc2ccccc2)c1. The van der Waals surface area contributed by atoms with Crippen molar-refractivity contribution in [3.05, 3.63) is 48.3 Å². The summed E-state index contributed by atoms with van der Waals surface area (Å²) in [5.41, 5.74) is 0.153. The molecule has 0 spiro atoms. The fraction of sp³-hybridized carbons (Fsp3) is 0.471. The van der Waals surface area contributed by atoms with Crippen molar-refractivity contribution in [2.45, 2.75) is 42.7 Å². The van der Waals surface area contributed by atoms with Crippen molar-refractivity contribution in [1.29, 1.82) is 0 Å². The van der Waals surface area contributed by atoms with Gasteiger partial charge >= 0.3 is 0 Å². The third-order valence-electron chi connectivity index (χ3n) is 4.56. The fourth-order valence-corrected chi connectivity index (χ4v) is 4.41. The van der Waals surface area contributed by atoms with E-state index in [9.17, 15) is 13.5 Å². The molecule has 0 amide bonds. The Kier molecular flexibility index (Phi) is 4.76. The highest BCUT2D eigenvalue weighted by molar-refractivity contribution is 7.89. The van der Waals surface area contributed by atoms with Crippen LogP contribution in [0.2, 0.25) is 0 Å². The molecule has 1 aromatic heterocycles. The van der Waals surface area contributed by atoms with Crippen LogP contribution in [0.4, 0.5) is 0 Å². The third-order valence-corrected chi connectivity index (χ3v) is 6.31. The Morgan fingerprint density at radius 2 is 1.92 bits per heavy atom. The van der Waals surface area contributed by atoms with Crippen LogP contribution < -0.4 is 0 Å². The summed E-state index contributed by atoms with van der Waals surface area (Å²) in [5.74, 6) is 0. The molecular weight excluding hydrogens is 326 g/mol. The highest BCUT2D eigenvalue weighted by atomic mass is 32.2. The molecule has 1 saturated carbocycles. The second kappa shape index (κ2) is 6.66.